The number of carboxylic acids is 1. The lowest BCUT2D eigenvalue weighted by Gasteiger charge is -2.26. The quantitative estimate of drug-likeness (QED) is 0.346. The molecule has 2 N–H and O–H groups in total. The number of aliphatic hydroxyl groups excluding tert-OH is 1. The van der Waals surface area contributed by atoms with Gasteiger partial charge in [0.2, 0.25) is 0 Å². The number of methoxy groups -OCH3 is 1. The minimum absolute atomic E-state index is 0.0951. The minimum Gasteiger partial charge on any atom is -0.507 e. The van der Waals surface area contributed by atoms with Crippen molar-refractivity contribution in [2.24, 2.45) is 0 Å². The molecule has 0 saturated carbocycles. The molecule has 33 heavy (non-hydrogen) atoms. The molecule has 166 valence electrons. The lowest BCUT2D eigenvalue weighted by molar-refractivity contribution is -0.132. The number of carboxylic acid groups (broad SMARTS) is 1. The fourth-order valence-electron chi connectivity index (χ4n) is 3.87. The maximum atomic E-state index is 14.5. The zero-order valence-electron chi connectivity index (χ0n) is 17.4. The van der Waals surface area contributed by atoms with Gasteiger partial charge in [0.1, 0.15) is 17.3 Å². The second kappa shape index (κ2) is 8.58. The van der Waals surface area contributed by atoms with Crippen molar-refractivity contribution in [2.45, 2.75) is 6.04 Å². The molecule has 1 aliphatic rings. The van der Waals surface area contributed by atoms with Crippen molar-refractivity contribution in [3.63, 3.8) is 0 Å². The van der Waals surface area contributed by atoms with Gasteiger partial charge in [0.15, 0.2) is 0 Å². The van der Waals surface area contributed by atoms with E-state index in [4.69, 9.17) is 4.74 Å². The van der Waals surface area contributed by atoms with Crippen LogP contribution >= 0.6 is 0 Å². The van der Waals surface area contributed by atoms with Crippen molar-refractivity contribution in [1.82, 2.24) is 0 Å². The standard InChI is InChI=1S/C25H18FNO6/c1-33-19-12-5-3-10-17(19)21-20(22(28)16-9-2-4-11-18(16)26)23(29)24(30)27(21)15-8-6-7-14(13-15)25(31)32/h2-13,21,28H,1H3,(H,31,32)/b22-20+. The van der Waals surface area contributed by atoms with Crippen LogP contribution in [0.1, 0.15) is 27.5 Å². The van der Waals surface area contributed by atoms with Crippen LogP contribution in [0, 0.1) is 5.82 Å². The van der Waals surface area contributed by atoms with E-state index in [1.807, 2.05) is 0 Å². The van der Waals surface area contributed by atoms with Gasteiger partial charge >= 0.3 is 5.97 Å². The number of benzene rings is 3. The summed E-state index contributed by atoms with van der Waals surface area (Å²) in [6.45, 7) is 0. The maximum Gasteiger partial charge on any atom is 0.335 e. The number of Topliss-reactive ketones (excluding diaryl/α,β-unsaturated/α-hetero) is 1. The molecule has 3 aromatic rings. The van der Waals surface area contributed by atoms with Gasteiger partial charge < -0.3 is 14.9 Å². The van der Waals surface area contributed by atoms with Gasteiger partial charge in [0.25, 0.3) is 11.7 Å². The third-order valence-corrected chi connectivity index (χ3v) is 5.38. The summed E-state index contributed by atoms with van der Waals surface area (Å²) in [5.41, 5.74) is -0.189. The maximum absolute atomic E-state index is 14.5. The van der Waals surface area contributed by atoms with Crippen LogP contribution < -0.4 is 9.64 Å². The molecule has 7 nitrogen and oxygen atoms in total. The molecule has 0 bridgehead atoms. The highest BCUT2D eigenvalue weighted by molar-refractivity contribution is 6.51. The smallest absolute Gasteiger partial charge is 0.335 e. The molecular formula is C25H18FNO6. The Kier molecular flexibility index (Phi) is 5.66. The number of rotatable bonds is 5. The molecular weight excluding hydrogens is 429 g/mol. The monoisotopic (exact) mass is 447 g/mol. The fraction of sp³-hybridized carbons (Fsp3) is 0.0800. The minimum atomic E-state index is -1.21. The van der Waals surface area contributed by atoms with Gasteiger partial charge in [-0.2, -0.15) is 0 Å². The van der Waals surface area contributed by atoms with Crippen LogP contribution in [0.2, 0.25) is 0 Å². The number of ketones is 1. The van der Waals surface area contributed by atoms with Gasteiger partial charge in [-0.1, -0.05) is 36.4 Å². The van der Waals surface area contributed by atoms with Gasteiger partial charge in [-0.05, 0) is 36.4 Å². The molecule has 1 fully saturated rings. The summed E-state index contributed by atoms with van der Waals surface area (Å²) in [6, 6.07) is 16.2. The molecule has 1 unspecified atom stereocenters. The van der Waals surface area contributed by atoms with Gasteiger partial charge in [-0.3, -0.25) is 14.5 Å². The van der Waals surface area contributed by atoms with E-state index < -0.39 is 35.3 Å². The van der Waals surface area contributed by atoms with E-state index in [-0.39, 0.29) is 22.4 Å². The average Bonchev–Trinajstić information content (AvgIpc) is 3.09. The Labute approximate surface area is 188 Å². The van der Waals surface area contributed by atoms with Crippen LogP contribution in [-0.2, 0) is 9.59 Å². The molecule has 1 amide bonds. The molecule has 4 rings (SSSR count). The first-order chi connectivity index (χ1) is 15.8. The van der Waals surface area contributed by atoms with Gasteiger partial charge in [-0.25, -0.2) is 9.18 Å². The SMILES string of the molecule is COc1ccccc1C1/C(=C(\O)c2ccccc2F)C(=O)C(=O)N1c1cccc(C(=O)O)c1. The second-order valence-corrected chi connectivity index (χ2v) is 7.25. The summed E-state index contributed by atoms with van der Waals surface area (Å²) in [6.07, 6.45) is 0. The Morgan fingerprint density at radius 2 is 1.67 bits per heavy atom. The van der Waals surface area contributed by atoms with Crippen LogP contribution in [0.3, 0.4) is 0 Å². The summed E-state index contributed by atoms with van der Waals surface area (Å²) in [5, 5.41) is 20.4. The Bertz CT molecular complexity index is 1320. The van der Waals surface area contributed by atoms with Crippen LogP contribution in [0.5, 0.6) is 5.75 Å². The molecule has 0 aliphatic carbocycles. The first kappa shape index (κ1) is 21.8. The Hall–Kier alpha value is -4.46. The molecule has 1 heterocycles. The lowest BCUT2D eigenvalue weighted by Crippen LogP contribution is -2.29. The van der Waals surface area contributed by atoms with E-state index in [0.717, 1.165) is 11.0 Å². The number of para-hydroxylation sites is 1. The number of anilines is 1. The number of carbonyl (C=O) groups is 3. The Balaban J connectivity index is 2.01. The molecule has 1 atom stereocenters. The van der Waals surface area contributed by atoms with E-state index in [0.29, 0.717) is 11.3 Å². The van der Waals surface area contributed by atoms with Crippen molar-refractivity contribution in [3.8, 4) is 5.75 Å². The topological polar surface area (TPSA) is 104 Å². The number of carbonyl (C=O) groups excluding carboxylic acids is 2. The average molecular weight is 447 g/mol. The van der Waals surface area contributed by atoms with Crippen LogP contribution in [0.25, 0.3) is 5.76 Å². The predicted molar refractivity (Wildman–Crippen MR) is 118 cm³/mol. The Morgan fingerprint density at radius 3 is 2.36 bits per heavy atom. The Morgan fingerprint density at radius 1 is 0.970 bits per heavy atom. The largest absolute Gasteiger partial charge is 0.507 e. The summed E-state index contributed by atoms with van der Waals surface area (Å²) < 4.78 is 19.9. The number of ether oxygens (including phenoxy) is 1. The van der Waals surface area contributed by atoms with Crippen LogP contribution in [-0.4, -0.2) is 35.0 Å². The highest BCUT2D eigenvalue weighted by atomic mass is 19.1. The number of halogens is 1. The summed E-state index contributed by atoms with van der Waals surface area (Å²) >= 11 is 0. The van der Waals surface area contributed by atoms with Crippen LogP contribution in [0.15, 0.2) is 78.4 Å². The highest BCUT2D eigenvalue weighted by Gasteiger charge is 2.48. The van der Waals surface area contributed by atoms with E-state index in [1.54, 1.807) is 24.3 Å². The fourth-order valence-corrected chi connectivity index (χ4v) is 3.87. The third kappa shape index (κ3) is 3.71. The number of hydrogen-bond donors (Lipinski definition) is 2. The number of aromatic carboxylic acids is 1. The van der Waals surface area contributed by atoms with Crippen molar-refractivity contribution in [2.75, 3.05) is 12.0 Å². The zero-order chi connectivity index (χ0) is 23.7. The predicted octanol–water partition coefficient (Wildman–Crippen LogP) is 4.16. The molecule has 0 aromatic heterocycles. The summed E-state index contributed by atoms with van der Waals surface area (Å²) in [7, 11) is 1.41. The summed E-state index contributed by atoms with van der Waals surface area (Å²) in [5.74, 6) is -4.37. The number of hydrogen-bond acceptors (Lipinski definition) is 5. The van der Waals surface area contributed by atoms with Gasteiger partial charge in [0, 0.05) is 11.3 Å². The lowest BCUT2D eigenvalue weighted by atomic mass is 9.94. The van der Waals surface area contributed by atoms with Crippen molar-refractivity contribution >= 4 is 29.1 Å². The van der Waals surface area contributed by atoms with E-state index >= 15 is 0 Å². The molecule has 0 radical (unpaired) electrons. The highest BCUT2D eigenvalue weighted by Crippen LogP contribution is 2.45. The normalized spacial score (nSPS) is 17.3. The van der Waals surface area contributed by atoms with Crippen molar-refractivity contribution < 1.29 is 33.7 Å². The van der Waals surface area contributed by atoms with E-state index in [2.05, 4.69) is 0 Å². The molecule has 1 aliphatic heterocycles. The van der Waals surface area contributed by atoms with Crippen molar-refractivity contribution in [1.29, 1.82) is 0 Å². The first-order valence-electron chi connectivity index (χ1n) is 9.87. The van der Waals surface area contributed by atoms with Gasteiger partial charge in [0.05, 0.1) is 29.9 Å². The molecule has 3 aromatic carbocycles. The zero-order valence-corrected chi connectivity index (χ0v) is 17.4. The first-order valence-corrected chi connectivity index (χ1v) is 9.87. The number of amides is 1. The third-order valence-electron chi connectivity index (χ3n) is 5.38. The van der Waals surface area contributed by atoms with E-state index in [1.165, 1.54) is 49.6 Å². The molecule has 8 heteroatoms. The second-order valence-electron chi connectivity index (χ2n) is 7.25. The van der Waals surface area contributed by atoms with Crippen molar-refractivity contribution in [3.05, 3.63) is 101 Å². The van der Waals surface area contributed by atoms with E-state index in [9.17, 15) is 29.0 Å². The van der Waals surface area contributed by atoms with Gasteiger partial charge in [-0.15, -0.1) is 0 Å². The molecule has 0 spiro atoms. The molecule has 1 saturated heterocycles. The van der Waals surface area contributed by atoms with Crippen LogP contribution in [0.4, 0.5) is 10.1 Å². The number of aliphatic hydroxyl groups is 1. The number of nitrogens with zero attached hydrogens (tertiary/aromatic N) is 1. The summed E-state index contributed by atoms with van der Waals surface area (Å²) in [4.78, 5) is 38.8.